The quantitative estimate of drug-likeness (QED) is 0.232. The van der Waals surface area contributed by atoms with E-state index in [9.17, 15) is 0 Å². The summed E-state index contributed by atoms with van der Waals surface area (Å²) in [4.78, 5) is 1.48. The van der Waals surface area contributed by atoms with E-state index in [2.05, 4.69) is 15.9 Å². The molecule has 0 aliphatic rings. The van der Waals surface area contributed by atoms with E-state index in [0.717, 1.165) is 9.37 Å². The lowest BCUT2D eigenvalue weighted by molar-refractivity contribution is 1.44. The van der Waals surface area contributed by atoms with Crippen LogP contribution in [0.2, 0.25) is 30.1 Å². The average molecular weight is 504 g/mol. The molecule has 0 saturated heterocycles. The molecule has 0 nitrogen and oxygen atoms in total. The van der Waals surface area contributed by atoms with Gasteiger partial charge in [-0.05, 0) is 29.0 Å². The second-order valence-electron chi connectivity index (χ2n) is 3.67. The molecule has 0 fully saturated rings. The molecule has 2 aromatic carbocycles. The second kappa shape index (κ2) is 7.96. The summed E-state index contributed by atoms with van der Waals surface area (Å²) in [5, 5.41) is 1.68. The fourth-order valence-electron chi connectivity index (χ4n) is 1.32. The summed E-state index contributed by atoms with van der Waals surface area (Å²) in [6.45, 7) is 0. The molecule has 0 atom stereocenters. The molecule has 0 aliphatic carbocycles. The van der Waals surface area contributed by atoms with Gasteiger partial charge in [0.05, 0.1) is 30.0 Å². The van der Waals surface area contributed by atoms with Gasteiger partial charge in [0.25, 0.3) is 0 Å². The van der Waals surface area contributed by atoms with Crippen LogP contribution < -0.4 is 0 Å². The van der Waals surface area contributed by atoms with Gasteiger partial charge in [-0.25, -0.2) is 0 Å². The summed E-state index contributed by atoms with van der Waals surface area (Å²) in [6, 6.07) is 5.54. The van der Waals surface area contributed by atoms with Crippen molar-refractivity contribution in [2.45, 2.75) is 9.79 Å². The predicted octanol–water partition coefficient (Wildman–Crippen LogP) is 9.17. The van der Waals surface area contributed by atoms with Crippen LogP contribution in [0, 0.1) is 0 Å². The number of halogens is 7. The van der Waals surface area contributed by atoms with Crippen LogP contribution >= 0.6 is 107 Å². The molecule has 0 saturated carbocycles. The molecule has 2 aromatic rings. The molecular formula is C12H3BrCl6S2. The third-order valence-corrected chi connectivity index (χ3v) is 7.82. The highest BCUT2D eigenvalue weighted by molar-refractivity contribution is 9.10. The van der Waals surface area contributed by atoms with Crippen LogP contribution in [-0.2, 0) is 0 Å². The highest BCUT2D eigenvalue weighted by Gasteiger charge is 2.20. The molecule has 0 bridgehead atoms. The maximum absolute atomic E-state index is 6.18. The summed E-state index contributed by atoms with van der Waals surface area (Å²) in [7, 11) is 2.75. The Hall–Kier alpha value is 1.36. The first-order valence-electron chi connectivity index (χ1n) is 5.13. The summed E-state index contributed by atoms with van der Waals surface area (Å²) < 4.78 is 0.877. The lowest BCUT2D eigenvalue weighted by atomic mass is 10.3. The van der Waals surface area contributed by atoms with Crippen LogP contribution in [0.1, 0.15) is 0 Å². The van der Waals surface area contributed by atoms with E-state index in [1.165, 1.54) is 21.6 Å². The van der Waals surface area contributed by atoms with Gasteiger partial charge < -0.3 is 0 Å². The number of rotatable bonds is 3. The highest BCUT2D eigenvalue weighted by Crippen LogP contribution is 2.52. The van der Waals surface area contributed by atoms with Gasteiger partial charge in [0.15, 0.2) is 0 Å². The van der Waals surface area contributed by atoms with Crippen molar-refractivity contribution in [3.05, 3.63) is 52.8 Å². The van der Waals surface area contributed by atoms with E-state index in [1.54, 1.807) is 6.07 Å². The van der Waals surface area contributed by atoms with Gasteiger partial charge in [-0.2, -0.15) is 0 Å². The van der Waals surface area contributed by atoms with Gasteiger partial charge >= 0.3 is 0 Å². The normalized spacial score (nSPS) is 11.0. The smallest absolute Gasteiger partial charge is 0.0809 e. The first-order valence-corrected chi connectivity index (χ1v) is 10.3. The minimum absolute atomic E-state index is 0.146. The van der Waals surface area contributed by atoms with E-state index in [-0.39, 0.29) is 25.1 Å². The summed E-state index contributed by atoms with van der Waals surface area (Å²) in [5.41, 5.74) is 0. The molecule has 2 rings (SSSR count). The minimum Gasteiger partial charge on any atom is -0.0843 e. The molecule has 0 radical (unpaired) electrons. The Morgan fingerprint density at radius 3 is 1.71 bits per heavy atom. The fraction of sp³-hybridized carbons (Fsp3) is 0. The first-order chi connectivity index (χ1) is 9.81. The van der Waals surface area contributed by atoms with Crippen molar-refractivity contribution in [3.63, 3.8) is 0 Å². The van der Waals surface area contributed by atoms with Crippen LogP contribution in [0.3, 0.4) is 0 Å². The Morgan fingerprint density at radius 1 is 0.667 bits per heavy atom. The van der Waals surface area contributed by atoms with Gasteiger partial charge in [0.2, 0.25) is 0 Å². The molecular weight excluding hydrogens is 501 g/mol. The topological polar surface area (TPSA) is 0 Å². The van der Waals surface area contributed by atoms with Crippen molar-refractivity contribution in [2.24, 2.45) is 0 Å². The maximum atomic E-state index is 6.18. The lowest BCUT2D eigenvalue weighted by Gasteiger charge is -2.11. The van der Waals surface area contributed by atoms with Crippen molar-refractivity contribution in [1.29, 1.82) is 0 Å². The Balaban J connectivity index is 2.32. The zero-order valence-electron chi connectivity index (χ0n) is 9.69. The predicted molar refractivity (Wildman–Crippen MR) is 102 cm³/mol. The van der Waals surface area contributed by atoms with Crippen molar-refractivity contribution in [2.75, 3.05) is 0 Å². The largest absolute Gasteiger partial charge is 0.0843 e. The van der Waals surface area contributed by atoms with E-state index in [0.29, 0.717) is 9.92 Å². The standard InChI is InChI=1S/C12H3BrCl6S2/c13-4-1-5(14)3-6(2-4)20-21-12-10(18)8(16)7(15)9(17)11(12)19/h1-3H. The third-order valence-electron chi connectivity index (χ3n) is 2.23. The fourth-order valence-corrected chi connectivity index (χ4v) is 6.36. The van der Waals surface area contributed by atoms with Crippen molar-refractivity contribution in [1.82, 2.24) is 0 Å². The zero-order chi connectivity index (χ0) is 15.7. The van der Waals surface area contributed by atoms with Crippen molar-refractivity contribution in [3.8, 4) is 0 Å². The van der Waals surface area contributed by atoms with Gasteiger partial charge in [-0.3, -0.25) is 0 Å². The molecule has 0 spiro atoms. The van der Waals surface area contributed by atoms with E-state index in [4.69, 9.17) is 69.6 Å². The van der Waals surface area contributed by atoms with Gasteiger partial charge in [-0.15, -0.1) is 0 Å². The maximum Gasteiger partial charge on any atom is 0.0809 e. The van der Waals surface area contributed by atoms with Crippen LogP contribution in [0.5, 0.6) is 0 Å². The molecule has 0 N–H and O–H groups in total. The first kappa shape index (κ1) is 18.7. The SMILES string of the molecule is Clc1cc(Br)cc(SSc2c(Cl)c(Cl)c(Cl)c(Cl)c2Cl)c1. The molecule has 0 aliphatic heterocycles. The van der Waals surface area contributed by atoms with Gasteiger partial charge in [0, 0.05) is 14.4 Å². The second-order valence-corrected chi connectivity index (χ2v) is 9.13. The lowest BCUT2D eigenvalue weighted by Crippen LogP contribution is -1.82. The van der Waals surface area contributed by atoms with Crippen LogP contribution in [0.4, 0.5) is 0 Å². The number of hydrogen-bond acceptors (Lipinski definition) is 2. The Morgan fingerprint density at radius 2 is 1.19 bits per heavy atom. The van der Waals surface area contributed by atoms with E-state index >= 15 is 0 Å². The monoisotopic (exact) mass is 500 g/mol. The Kier molecular flexibility index (Phi) is 7.08. The zero-order valence-corrected chi connectivity index (χ0v) is 17.4. The number of hydrogen-bond donors (Lipinski definition) is 0. The summed E-state index contributed by atoms with van der Waals surface area (Å²) >= 11 is 39.7. The molecule has 112 valence electrons. The van der Waals surface area contributed by atoms with Crippen LogP contribution in [0.15, 0.2) is 32.5 Å². The van der Waals surface area contributed by atoms with E-state index in [1.807, 2.05) is 12.1 Å². The average Bonchev–Trinajstić information content (AvgIpc) is 2.42. The van der Waals surface area contributed by atoms with Gasteiger partial charge in [0.1, 0.15) is 0 Å². The third kappa shape index (κ3) is 4.46. The van der Waals surface area contributed by atoms with Crippen LogP contribution in [0.25, 0.3) is 0 Å². The van der Waals surface area contributed by atoms with Crippen molar-refractivity contribution < 1.29 is 0 Å². The Bertz CT molecular complexity index is 657. The Labute approximate surface area is 168 Å². The van der Waals surface area contributed by atoms with Crippen molar-refractivity contribution >= 4 is 107 Å². The summed E-state index contributed by atoms with van der Waals surface area (Å²) in [6.07, 6.45) is 0. The molecule has 0 amide bonds. The molecule has 0 unspecified atom stereocenters. The molecule has 9 heteroatoms. The molecule has 21 heavy (non-hydrogen) atoms. The molecule has 0 aromatic heterocycles. The minimum atomic E-state index is 0.146. The summed E-state index contributed by atoms with van der Waals surface area (Å²) in [5.74, 6) is 0. The van der Waals surface area contributed by atoms with Gasteiger partial charge in [-0.1, -0.05) is 96.3 Å². The highest BCUT2D eigenvalue weighted by atomic mass is 79.9. The number of benzene rings is 2. The van der Waals surface area contributed by atoms with E-state index < -0.39 is 0 Å². The molecule has 0 heterocycles. The van der Waals surface area contributed by atoms with Crippen LogP contribution in [-0.4, -0.2) is 0 Å².